The topological polar surface area (TPSA) is 58.6 Å². The standard InChI is InChI=1S/C10H19NO3/c1-3-8(2)9(12)11-5-4-10(13)6-14-7-10/h8,13H,3-7H2,1-2H3,(H,11,12). The highest BCUT2D eigenvalue weighted by Gasteiger charge is 2.35. The smallest absolute Gasteiger partial charge is 0.222 e. The van der Waals surface area contributed by atoms with Crippen molar-refractivity contribution in [3.63, 3.8) is 0 Å². The molecular weight excluding hydrogens is 182 g/mol. The zero-order chi connectivity index (χ0) is 10.6. The van der Waals surface area contributed by atoms with Gasteiger partial charge in [0.05, 0.1) is 13.2 Å². The molecule has 0 radical (unpaired) electrons. The van der Waals surface area contributed by atoms with Gasteiger partial charge in [-0.05, 0) is 12.8 Å². The Hall–Kier alpha value is -0.610. The minimum atomic E-state index is -0.692. The van der Waals surface area contributed by atoms with Gasteiger partial charge in [0.1, 0.15) is 5.60 Å². The predicted molar refractivity (Wildman–Crippen MR) is 52.9 cm³/mol. The van der Waals surface area contributed by atoms with Crippen molar-refractivity contribution in [2.75, 3.05) is 19.8 Å². The Morgan fingerprint density at radius 1 is 1.64 bits per heavy atom. The molecule has 1 amide bonds. The second-order valence-corrected chi connectivity index (χ2v) is 4.07. The van der Waals surface area contributed by atoms with Gasteiger partial charge >= 0.3 is 0 Å². The summed E-state index contributed by atoms with van der Waals surface area (Å²) in [6.07, 6.45) is 1.42. The molecule has 0 bridgehead atoms. The highest BCUT2D eigenvalue weighted by atomic mass is 16.5. The number of carbonyl (C=O) groups excluding carboxylic acids is 1. The minimum absolute atomic E-state index is 0.0577. The number of hydrogen-bond donors (Lipinski definition) is 2. The molecule has 2 N–H and O–H groups in total. The lowest BCUT2D eigenvalue weighted by Gasteiger charge is -2.36. The van der Waals surface area contributed by atoms with Crippen molar-refractivity contribution in [2.45, 2.75) is 32.3 Å². The fourth-order valence-electron chi connectivity index (χ4n) is 1.26. The Balaban J connectivity index is 2.11. The lowest BCUT2D eigenvalue weighted by molar-refractivity contribution is -0.180. The monoisotopic (exact) mass is 201 g/mol. The van der Waals surface area contributed by atoms with Crippen molar-refractivity contribution in [1.82, 2.24) is 5.32 Å². The van der Waals surface area contributed by atoms with E-state index >= 15 is 0 Å². The van der Waals surface area contributed by atoms with Crippen LogP contribution in [0.15, 0.2) is 0 Å². The van der Waals surface area contributed by atoms with Crippen molar-refractivity contribution in [1.29, 1.82) is 0 Å². The number of aliphatic hydroxyl groups is 1. The molecule has 0 aromatic carbocycles. The van der Waals surface area contributed by atoms with Gasteiger partial charge < -0.3 is 15.2 Å². The van der Waals surface area contributed by atoms with Crippen molar-refractivity contribution in [3.8, 4) is 0 Å². The molecule has 82 valence electrons. The molecule has 0 aliphatic carbocycles. The maximum Gasteiger partial charge on any atom is 0.222 e. The van der Waals surface area contributed by atoms with Gasteiger partial charge in [-0.2, -0.15) is 0 Å². The third-order valence-corrected chi connectivity index (χ3v) is 2.69. The highest BCUT2D eigenvalue weighted by molar-refractivity contribution is 5.78. The van der Waals surface area contributed by atoms with E-state index in [9.17, 15) is 9.90 Å². The number of nitrogens with one attached hydrogen (secondary N) is 1. The predicted octanol–water partition coefficient (Wildman–Crippen LogP) is 0.300. The van der Waals surface area contributed by atoms with Crippen molar-refractivity contribution < 1.29 is 14.6 Å². The summed E-state index contributed by atoms with van der Waals surface area (Å²) in [5.41, 5.74) is -0.692. The fraction of sp³-hybridized carbons (Fsp3) is 0.900. The van der Waals surface area contributed by atoms with Crippen LogP contribution in [0.2, 0.25) is 0 Å². The summed E-state index contributed by atoms with van der Waals surface area (Å²) in [7, 11) is 0. The molecule has 0 aromatic rings. The number of rotatable bonds is 5. The first-order valence-corrected chi connectivity index (χ1v) is 5.15. The van der Waals surface area contributed by atoms with Crippen molar-refractivity contribution in [3.05, 3.63) is 0 Å². The van der Waals surface area contributed by atoms with Gasteiger partial charge in [0.2, 0.25) is 5.91 Å². The van der Waals surface area contributed by atoms with E-state index in [0.717, 1.165) is 6.42 Å². The molecule has 0 saturated carbocycles. The quantitative estimate of drug-likeness (QED) is 0.672. The highest BCUT2D eigenvalue weighted by Crippen LogP contribution is 2.19. The Bertz CT molecular complexity index is 202. The first-order valence-electron chi connectivity index (χ1n) is 5.15. The van der Waals surface area contributed by atoms with Gasteiger partial charge in [-0.1, -0.05) is 13.8 Å². The number of hydrogen-bond acceptors (Lipinski definition) is 3. The van der Waals surface area contributed by atoms with Crippen LogP contribution in [0.1, 0.15) is 26.7 Å². The van der Waals surface area contributed by atoms with E-state index < -0.39 is 5.60 Å². The summed E-state index contributed by atoms with van der Waals surface area (Å²) in [5.74, 6) is 0.124. The Morgan fingerprint density at radius 3 is 2.71 bits per heavy atom. The molecule has 1 aliphatic rings. The van der Waals surface area contributed by atoms with Crippen molar-refractivity contribution in [2.24, 2.45) is 5.92 Å². The van der Waals surface area contributed by atoms with E-state index in [1.807, 2.05) is 13.8 Å². The summed E-state index contributed by atoms with van der Waals surface area (Å²) in [6.45, 7) is 5.20. The van der Waals surface area contributed by atoms with Crippen LogP contribution in [0, 0.1) is 5.92 Å². The normalized spacial score (nSPS) is 21.1. The summed E-state index contributed by atoms with van der Waals surface area (Å²) in [5, 5.41) is 12.4. The van der Waals surface area contributed by atoms with Gasteiger partial charge in [0, 0.05) is 12.5 Å². The van der Waals surface area contributed by atoms with Crippen LogP contribution in [0.4, 0.5) is 0 Å². The molecule has 0 spiro atoms. The molecule has 1 heterocycles. The third-order valence-electron chi connectivity index (χ3n) is 2.69. The van der Waals surface area contributed by atoms with Gasteiger partial charge in [0.25, 0.3) is 0 Å². The first-order chi connectivity index (χ1) is 6.57. The fourth-order valence-corrected chi connectivity index (χ4v) is 1.26. The summed E-state index contributed by atoms with van der Waals surface area (Å²) in [4.78, 5) is 11.3. The Morgan fingerprint density at radius 2 is 2.29 bits per heavy atom. The van der Waals surface area contributed by atoms with Gasteiger partial charge in [-0.25, -0.2) is 0 Å². The molecular formula is C10H19NO3. The number of ether oxygens (including phenoxy) is 1. The van der Waals surface area contributed by atoms with Gasteiger partial charge in [-0.3, -0.25) is 4.79 Å². The number of amides is 1. The molecule has 1 unspecified atom stereocenters. The maximum atomic E-state index is 11.3. The van der Waals surface area contributed by atoms with Gasteiger partial charge in [-0.15, -0.1) is 0 Å². The van der Waals surface area contributed by atoms with E-state index in [1.165, 1.54) is 0 Å². The second kappa shape index (κ2) is 4.75. The van der Waals surface area contributed by atoms with E-state index in [0.29, 0.717) is 26.2 Å². The summed E-state index contributed by atoms with van der Waals surface area (Å²) in [6, 6.07) is 0. The van der Waals surface area contributed by atoms with Gasteiger partial charge in [0.15, 0.2) is 0 Å². The maximum absolute atomic E-state index is 11.3. The average molecular weight is 201 g/mol. The third kappa shape index (κ3) is 2.96. The van der Waals surface area contributed by atoms with Crippen molar-refractivity contribution >= 4 is 5.91 Å². The van der Waals surface area contributed by atoms with Crippen LogP contribution in [0.25, 0.3) is 0 Å². The lowest BCUT2D eigenvalue weighted by atomic mass is 9.98. The zero-order valence-electron chi connectivity index (χ0n) is 8.88. The second-order valence-electron chi connectivity index (χ2n) is 4.07. The van der Waals surface area contributed by atoms with Crippen LogP contribution in [0.3, 0.4) is 0 Å². The number of carbonyl (C=O) groups is 1. The molecule has 4 heteroatoms. The molecule has 1 rings (SSSR count). The van der Waals surface area contributed by atoms with Crippen LogP contribution in [0.5, 0.6) is 0 Å². The molecule has 0 aromatic heterocycles. The SMILES string of the molecule is CCC(C)C(=O)NCCC1(O)COC1. The summed E-state index contributed by atoms with van der Waals surface area (Å²) < 4.78 is 4.90. The summed E-state index contributed by atoms with van der Waals surface area (Å²) >= 11 is 0. The van der Waals surface area contributed by atoms with E-state index in [1.54, 1.807) is 0 Å². The largest absolute Gasteiger partial charge is 0.385 e. The van der Waals surface area contributed by atoms with E-state index in [2.05, 4.69) is 5.32 Å². The zero-order valence-corrected chi connectivity index (χ0v) is 8.88. The van der Waals surface area contributed by atoms with Crippen LogP contribution in [-0.2, 0) is 9.53 Å². The van der Waals surface area contributed by atoms with Crippen LogP contribution >= 0.6 is 0 Å². The molecule has 1 aliphatic heterocycles. The van der Waals surface area contributed by atoms with E-state index in [4.69, 9.17) is 4.74 Å². The molecule has 1 fully saturated rings. The molecule has 1 saturated heterocycles. The Kier molecular flexibility index (Phi) is 3.89. The van der Waals surface area contributed by atoms with Crippen LogP contribution in [-0.4, -0.2) is 36.4 Å². The average Bonchev–Trinajstić information content (AvgIpc) is 2.13. The molecule has 14 heavy (non-hydrogen) atoms. The Labute approximate surface area is 84.6 Å². The van der Waals surface area contributed by atoms with Crippen LogP contribution < -0.4 is 5.32 Å². The lowest BCUT2D eigenvalue weighted by Crippen LogP contribution is -2.51. The minimum Gasteiger partial charge on any atom is -0.385 e. The molecule has 1 atom stereocenters. The first kappa shape index (κ1) is 11.5. The molecule has 4 nitrogen and oxygen atoms in total. The van der Waals surface area contributed by atoms with E-state index in [-0.39, 0.29) is 11.8 Å².